The van der Waals surface area contributed by atoms with E-state index in [1.54, 1.807) is 0 Å². The molecule has 0 saturated carbocycles. The lowest BCUT2D eigenvalue weighted by molar-refractivity contribution is 0.271. The van der Waals surface area contributed by atoms with Gasteiger partial charge in [0.25, 0.3) is 0 Å². The topological polar surface area (TPSA) is 44.5 Å². The first-order valence-corrected chi connectivity index (χ1v) is 5.93. The second-order valence-corrected chi connectivity index (χ2v) is 3.58. The molecular weight excluding hydrogens is 202 g/mol. The average molecular weight is 223 g/mol. The van der Waals surface area contributed by atoms with Gasteiger partial charge in [-0.3, -0.25) is 0 Å². The van der Waals surface area contributed by atoms with Crippen molar-refractivity contribution in [3.63, 3.8) is 0 Å². The van der Waals surface area contributed by atoms with E-state index in [1.807, 2.05) is 31.2 Å². The Morgan fingerprint density at radius 2 is 1.69 bits per heavy atom. The Hall–Kier alpha value is -1.22. The number of hydrogen-bond donors (Lipinski definition) is 1. The summed E-state index contributed by atoms with van der Waals surface area (Å²) in [7, 11) is 0. The van der Waals surface area contributed by atoms with E-state index >= 15 is 0 Å². The van der Waals surface area contributed by atoms with Crippen molar-refractivity contribution >= 4 is 0 Å². The van der Waals surface area contributed by atoms with Crippen molar-refractivity contribution in [3.8, 4) is 11.5 Å². The van der Waals surface area contributed by atoms with E-state index in [2.05, 4.69) is 0 Å². The normalized spacial score (nSPS) is 10.1. The summed E-state index contributed by atoms with van der Waals surface area (Å²) in [5.41, 5.74) is 5.42. The molecule has 90 valence electrons. The molecule has 2 N–H and O–H groups in total. The van der Waals surface area contributed by atoms with Crippen LogP contribution in [-0.4, -0.2) is 19.8 Å². The van der Waals surface area contributed by atoms with E-state index in [0.717, 1.165) is 43.9 Å². The van der Waals surface area contributed by atoms with E-state index in [1.165, 1.54) is 0 Å². The smallest absolute Gasteiger partial charge is 0.161 e. The zero-order valence-corrected chi connectivity index (χ0v) is 9.95. The lowest BCUT2D eigenvalue weighted by Crippen LogP contribution is -2.03. The molecule has 0 radical (unpaired) electrons. The molecule has 0 atom stereocenters. The highest BCUT2D eigenvalue weighted by Crippen LogP contribution is 2.26. The molecule has 1 aromatic carbocycles. The van der Waals surface area contributed by atoms with Gasteiger partial charge in [-0.15, -0.1) is 0 Å². The van der Waals surface area contributed by atoms with Crippen LogP contribution in [0.1, 0.15) is 26.2 Å². The number of unbranched alkanes of at least 4 members (excludes halogenated alkanes) is 2. The second-order valence-electron chi connectivity index (χ2n) is 3.58. The summed E-state index contributed by atoms with van der Waals surface area (Å²) >= 11 is 0. The molecule has 1 aromatic rings. The summed E-state index contributed by atoms with van der Waals surface area (Å²) in [5.74, 6) is 1.65. The lowest BCUT2D eigenvalue weighted by atomic mass is 10.2. The van der Waals surface area contributed by atoms with Crippen molar-refractivity contribution in [3.05, 3.63) is 24.3 Å². The quantitative estimate of drug-likeness (QED) is 0.689. The van der Waals surface area contributed by atoms with Gasteiger partial charge in [-0.05, 0) is 44.9 Å². The summed E-state index contributed by atoms with van der Waals surface area (Å²) in [4.78, 5) is 0. The van der Waals surface area contributed by atoms with Crippen LogP contribution < -0.4 is 15.2 Å². The Morgan fingerprint density at radius 1 is 1.00 bits per heavy atom. The third-order valence-electron chi connectivity index (χ3n) is 2.26. The molecule has 0 spiro atoms. The molecule has 0 aliphatic rings. The Balaban J connectivity index is 2.34. The van der Waals surface area contributed by atoms with Crippen molar-refractivity contribution in [1.82, 2.24) is 0 Å². The SMILES string of the molecule is CCOc1ccccc1OCCCCCN. The van der Waals surface area contributed by atoms with E-state index in [0.29, 0.717) is 6.61 Å². The first-order chi connectivity index (χ1) is 7.88. The highest BCUT2D eigenvalue weighted by molar-refractivity contribution is 5.39. The zero-order valence-electron chi connectivity index (χ0n) is 9.95. The van der Waals surface area contributed by atoms with Crippen LogP contribution in [0.4, 0.5) is 0 Å². The fourth-order valence-electron chi connectivity index (χ4n) is 1.45. The Bertz CT molecular complexity index is 289. The third-order valence-corrected chi connectivity index (χ3v) is 2.26. The van der Waals surface area contributed by atoms with Crippen LogP contribution in [-0.2, 0) is 0 Å². The highest BCUT2D eigenvalue weighted by atomic mass is 16.5. The van der Waals surface area contributed by atoms with Crippen LogP contribution in [0.3, 0.4) is 0 Å². The van der Waals surface area contributed by atoms with Crippen LogP contribution in [0, 0.1) is 0 Å². The maximum absolute atomic E-state index is 5.67. The second kappa shape index (κ2) is 7.99. The molecule has 1 rings (SSSR count). The van der Waals surface area contributed by atoms with Gasteiger partial charge in [0.15, 0.2) is 11.5 Å². The van der Waals surface area contributed by atoms with Gasteiger partial charge in [0.05, 0.1) is 13.2 Å². The summed E-state index contributed by atoms with van der Waals surface area (Å²) < 4.78 is 11.1. The van der Waals surface area contributed by atoms with Crippen LogP contribution >= 0.6 is 0 Å². The van der Waals surface area contributed by atoms with Gasteiger partial charge in [-0.25, -0.2) is 0 Å². The molecule has 3 heteroatoms. The standard InChI is InChI=1S/C13H21NO2/c1-2-15-12-8-4-5-9-13(12)16-11-7-3-6-10-14/h4-5,8-9H,2-3,6-7,10-11,14H2,1H3. The molecule has 0 aromatic heterocycles. The first kappa shape index (κ1) is 12.8. The molecule has 0 amide bonds. The number of nitrogens with two attached hydrogens (primary N) is 1. The Morgan fingerprint density at radius 3 is 2.31 bits per heavy atom. The van der Waals surface area contributed by atoms with E-state index in [-0.39, 0.29) is 0 Å². The molecule has 0 aliphatic carbocycles. The average Bonchev–Trinajstić information content (AvgIpc) is 2.31. The van der Waals surface area contributed by atoms with Gasteiger partial charge in [0, 0.05) is 0 Å². The van der Waals surface area contributed by atoms with Crippen LogP contribution in [0.5, 0.6) is 11.5 Å². The number of para-hydroxylation sites is 2. The Labute approximate surface area is 97.6 Å². The predicted molar refractivity (Wildman–Crippen MR) is 66.0 cm³/mol. The molecule has 0 heterocycles. The van der Waals surface area contributed by atoms with Gasteiger partial charge >= 0.3 is 0 Å². The van der Waals surface area contributed by atoms with Crippen LogP contribution in [0.15, 0.2) is 24.3 Å². The van der Waals surface area contributed by atoms with E-state index in [9.17, 15) is 0 Å². The molecular formula is C13H21NO2. The maximum atomic E-state index is 5.67. The number of ether oxygens (including phenoxy) is 2. The van der Waals surface area contributed by atoms with Crippen LogP contribution in [0.2, 0.25) is 0 Å². The van der Waals surface area contributed by atoms with Crippen molar-refractivity contribution in [1.29, 1.82) is 0 Å². The van der Waals surface area contributed by atoms with E-state index < -0.39 is 0 Å². The summed E-state index contributed by atoms with van der Waals surface area (Å²) in [6.07, 6.45) is 3.22. The monoisotopic (exact) mass is 223 g/mol. The van der Waals surface area contributed by atoms with E-state index in [4.69, 9.17) is 15.2 Å². The fraction of sp³-hybridized carbons (Fsp3) is 0.538. The molecule has 0 bridgehead atoms. The summed E-state index contributed by atoms with van der Waals surface area (Å²) in [6.45, 7) is 4.12. The van der Waals surface area contributed by atoms with Gasteiger partial charge in [0.2, 0.25) is 0 Å². The number of rotatable bonds is 8. The minimum Gasteiger partial charge on any atom is -0.490 e. The van der Waals surface area contributed by atoms with Crippen molar-refractivity contribution in [2.24, 2.45) is 5.73 Å². The molecule has 16 heavy (non-hydrogen) atoms. The number of hydrogen-bond acceptors (Lipinski definition) is 3. The van der Waals surface area contributed by atoms with Gasteiger partial charge in [-0.1, -0.05) is 12.1 Å². The molecule has 3 nitrogen and oxygen atoms in total. The van der Waals surface area contributed by atoms with Gasteiger partial charge in [0.1, 0.15) is 0 Å². The molecule has 0 aliphatic heterocycles. The highest BCUT2D eigenvalue weighted by Gasteiger charge is 2.02. The molecule has 0 fully saturated rings. The first-order valence-electron chi connectivity index (χ1n) is 5.93. The minimum absolute atomic E-state index is 0.660. The predicted octanol–water partition coefficient (Wildman–Crippen LogP) is 2.59. The van der Waals surface area contributed by atoms with Crippen molar-refractivity contribution < 1.29 is 9.47 Å². The third kappa shape index (κ3) is 4.53. The summed E-state index contributed by atoms with van der Waals surface area (Å²) in [6, 6.07) is 7.77. The Kier molecular flexibility index (Phi) is 6.42. The minimum atomic E-state index is 0.660. The van der Waals surface area contributed by atoms with Crippen molar-refractivity contribution in [2.75, 3.05) is 19.8 Å². The van der Waals surface area contributed by atoms with Crippen molar-refractivity contribution in [2.45, 2.75) is 26.2 Å². The lowest BCUT2D eigenvalue weighted by Gasteiger charge is -2.11. The zero-order chi connectivity index (χ0) is 11.6. The molecule has 0 saturated heterocycles. The number of benzene rings is 1. The van der Waals surface area contributed by atoms with Crippen LogP contribution in [0.25, 0.3) is 0 Å². The van der Waals surface area contributed by atoms with Gasteiger partial charge in [-0.2, -0.15) is 0 Å². The fourth-order valence-corrected chi connectivity index (χ4v) is 1.45. The largest absolute Gasteiger partial charge is 0.490 e. The maximum Gasteiger partial charge on any atom is 0.161 e. The summed E-state index contributed by atoms with van der Waals surface area (Å²) in [5, 5.41) is 0. The van der Waals surface area contributed by atoms with Gasteiger partial charge < -0.3 is 15.2 Å². The molecule has 0 unspecified atom stereocenters.